The first kappa shape index (κ1) is 24.8. The van der Waals surface area contributed by atoms with Crippen LogP contribution in [0.2, 0.25) is 0 Å². The molecule has 178 valence electrons. The summed E-state index contributed by atoms with van der Waals surface area (Å²) in [7, 11) is 0. The number of carbonyl (C=O) groups is 2. The smallest absolute Gasteiger partial charge is 0.410 e. The van der Waals surface area contributed by atoms with Crippen LogP contribution in [-0.4, -0.2) is 83.6 Å². The molecule has 3 fully saturated rings. The summed E-state index contributed by atoms with van der Waals surface area (Å²) in [6, 6.07) is 0.153. The number of hydrogen-bond donors (Lipinski definition) is 0. The van der Waals surface area contributed by atoms with Gasteiger partial charge in [0.15, 0.2) is 11.4 Å². The number of ether oxygens (including phenoxy) is 3. The van der Waals surface area contributed by atoms with Gasteiger partial charge in [-0.2, -0.15) is 0 Å². The molecule has 3 saturated heterocycles. The predicted octanol–water partition coefficient (Wildman–Crippen LogP) is 3.90. The maximum atomic E-state index is 12.9. The Labute approximate surface area is 191 Å². The summed E-state index contributed by atoms with van der Waals surface area (Å²) in [4.78, 5) is 28.9. The largest absolute Gasteiger partial charge is 0.444 e. The summed E-state index contributed by atoms with van der Waals surface area (Å²) in [5.74, 6) is 0.448. The summed E-state index contributed by atoms with van der Waals surface area (Å²) in [5.41, 5.74) is -0.515. The van der Waals surface area contributed by atoms with Crippen LogP contribution in [0.5, 0.6) is 0 Å². The van der Waals surface area contributed by atoms with E-state index in [-0.39, 0.29) is 28.8 Å². The fourth-order valence-electron chi connectivity index (χ4n) is 4.84. The van der Waals surface area contributed by atoms with Gasteiger partial charge in [-0.15, -0.1) is 0 Å². The Morgan fingerprint density at radius 3 is 2.48 bits per heavy atom. The molecule has 0 N–H and O–H groups in total. The second kappa shape index (κ2) is 11.3. The first-order valence-corrected chi connectivity index (χ1v) is 12.7. The van der Waals surface area contributed by atoms with E-state index in [1.165, 1.54) is 18.2 Å². The van der Waals surface area contributed by atoms with Gasteiger partial charge in [-0.1, -0.05) is 11.8 Å². The molecule has 8 heteroatoms. The molecular formula is C23H40N2O5S. The minimum absolute atomic E-state index is 0.0251. The number of rotatable bonds is 6. The highest BCUT2D eigenvalue weighted by molar-refractivity contribution is 8.14. The van der Waals surface area contributed by atoms with Gasteiger partial charge < -0.3 is 24.0 Å². The second-order valence-electron chi connectivity index (χ2n) is 10.0. The third-order valence-corrected chi connectivity index (χ3v) is 7.30. The van der Waals surface area contributed by atoms with Crippen molar-refractivity contribution in [1.82, 2.24) is 9.80 Å². The number of nitrogens with zero attached hydrogens (tertiary/aromatic N) is 2. The molecule has 0 radical (unpaired) electrons. The van der Waals surface area contributed by atoms with Gasteiger partial charge in [-0.05, 0) is 78.3 Å². The number of thioether (sulfide) groups is 1. The third kappa shape index (κ3) is 7.91. The molecule has 1 unspecified atom stereocenters. The number of hydrogen-bond acceptors (Lipinski definition) is 7. The Morgan fingerprint density at radius 1 is 1.13 bits per heavy atom. The van der Waals surface area contributed by atoms with E-state index in [9.17, 15) is 9.59 Å². The van der Waals surface area contributed by atoms with E-state index >= 15 is 0 Å². The highest BCUT2D eigenvalue weighted by Gasteiger charge is 2.42. The van der Waals surface area contributed by atoms with Crippen LogP contribution < -0.4 is 0 Å². The minimum Gasteiger partial charge on any atom is -0.444 e. The van der Waals surface area contributed by atoms with Crippen LogP contribution in [-0.2, 0) is 19.0 Å². The molecule has 3 aliphatic heterocycles. The van der Waals surface area contributed by atoms with Crippen molar-refractivity contribution in [3.63, 3.8) is 0 Å². The summed E-state index contributed by atoms with van der Waals surface area (Å²) in [6.45, 7) is 12.4. The summed E-state index contributed by atoms with van der Waals surface area (Å²) >= 11 is 1.37. The fraction of sp³-hybridized carbons (Fsp3) is 0.913. The van der Waals surface area contributed by atoms with Crippen molar-refractivity contribution in [1.29, 1.82) is 0 Å². The first-order valence-electron chi connectivity index (χ1n) is 11.8. The molecule has 1 amide bonds. The number of piperidine rings is 1. The third-order valence-electron chi connectivity index (χ3n) is 6.29. The summed E-state index contributed by atoms with van der Waals surface area (Å²) in [5, 5.41) is 0.281. The quantitative estimate of drug-likeness (QED) is 0.600. The number of carbonyl (C=O) groups excluding carboxylic acids is 2. The lowest BCUT2D eigenvalue weighted by Gasteiger charge is -2.38. The molecule has 3 heterocycles. The van der Waals surface area contributed by atoms with E-state index in [2.05, 4.69) is 4.90 Å². The molecule has 7 nitrogen and oxygen atoms in total. The van der Waals surface area contributed by atoms with Crippen LogP contribution in [0.1, 0.15) is 66.2 Å². The molecule has 3 rings (SSSR count). The zero-order valence-electron chi connectivity index (χ0n) is 19.6. The Balaban J connectivity index is 1.48. The standard InChI is InChI=1S/C23H40N2O5S/c1-17(26)31-19-15-20(25(16-19)22(27)30-23(2,3)4)18-8-10-24(11-9-18)12-14-29-21-7-5-6-13-28-21/h18-21H,5-16H2,1-4H3/t19-,20-,21?/m0/s1. The van der Waals surface area contributed by atoms with E-state index < -0.39 is 5.60 Å². The average Bonchev–Trinajstić information content (AvgIpc) is 3.11. The van der Waals surface area contributed by atoms with Crippen molar-refractivity contribution in [2.75, 3.05) is 39.4 Å². The topological polar surface area (TPSA) is 68.3 Å². The van der Waals surface area contributed by atoms with Gasteiger partial charge in [0.25, 0.3) is 0 Å². The van der Waals surface area contributed by atoms with Crippen molar-refractivity contribution < 1.29 is 23.8 Å². The number of likely N-dealkylation sites (tertiary alicyclic amines) is 2. The Morgan fingerprint density at radius 2 is 1.87 bits per heavy atom. The lowest BCUT2D eigenvalue weighted by molar-refractivity contribution is -0.164. The SMILES string of the molecule is CC(=O)S[C@H]1C[C@@H](C2CCN(CCOC3CCCCO3)CC2)N(C(=O)OC(C)(C)C)C1. The predicted molar refractivity (Wildman–Crippen MR) is 122 cm³/mol. The lowest BCUT2D eigenvalue weighted by Crippen LogP contribution is -2.47. The maximum Gasteiger partial charge on any atom is 0.410 e. The van der Waals surface area contributed by atoms with Crippen molar-refractivity contribution in [2.24, 2.45) is 5.92 Å². The molecule has 3 atom stereocenters. The van der Waals surface area contributed by atoms with Gasteiger partial charge in [-0.25, -0.2) is 4.79 Å². The first-order chi connectivity index (χ1) is 14.7. The molecule has 0 spiro atoms. The molecule has 31 heavy (non-hydrogen) atoms. The van der Waals surface area contributed by atoms with Gasteiger partial charge in [-0.3, -0.25) is 4.79 Å². The average molecular weight is 457 g/mol. The zero-order valence-corrected chi connectivity index (χ0v) is 20.5. The van der Waals surface area contributed by atoms with E-state index in [4.69, 9.17) is 14.2 Å². The normalized spacial score (nSPS) is 28.6. The summed E-state index contributed by atoms with van der Waals surface area (Å²) in [6.07, 6.45) is 6.05. The maximum absolute atomic E-state index is 12.9. The van der Waals surface area contributed by atoms with Crippen molar-refractivity contribution in [2.45, 2.75) is 89.4 Å². The van der Waals surface area contributed by atoms with Gasteiger partial charge in [0.2, 0.25) is 0 Å². The van der Waals surface area contributed by atoms with Gasteiger partial charge in [0.1, 0.15) is 5.60 Å². The van der Waals surface area contributed by atoms with E-state index in [0.29, 0.717) is 19.1 Å². The Kier molecular flexibility index (Phi) is 9.08. The number of amides is 1. The van der Waals surface area contributed by atoms with Crippen LogP contribution in [0, 0.1) is 5.92 Å². The van der Waals surface area contributed by atoms with E-state index in [0.717, 1.165) is 58.3 Å². The van der Waals surface area contributed by atoms with Crippen molar-refractivity contribution >= 4 is 23.0 Å². The second-order valence-corrected chi connectivity index (χ2v) is 11.5. The molecule has 0 aromatic heterocycles. The van der Waals surface area contributed by atoms with Crippen LogP contribution >= 0.6 is 11.8 Å². The highest BCUT2D eigenvalue weighted by Crippen LogP contribution is 2.36. The summed E-state index contributed by atoms with van der Waals surface area (Å²) < 4.78 is 17.2. The molecule has 0 saturated carbocycles. The molecule has 0 aliphatic carbocycles. The van der Waals surface area contributed by atoms with Crippen LogP contribution in [0.25, 0.3) is 0 Å². The Hall–Kier alpha value is -0.830. The monoisotopic (exact) mass is 456 g/mol. The van der Waals surface area contributed by atoms with Gasteiger partial charge in [0.05, 0.1) is 6.61 Å². The fourth-order valence-corrected chi connectivity index (χ4v) is 5.84. The van der Waals surface area contributed by atoms with Crippen molar-refractivity contribution in [3.05, 3.63) is 0 Å². The van der Waals surface area contributed by atoms with Crippen LogP contribution in [0.4, 0.5) is 4.79 Å². The lowest BCUT2D eigenvalue weighted by atomic mass is 9.88. The van der Waals surface area contributed by atoms with Gasteiger partial charge >= 0.3 is 6.09 Å². The van der Waals surface area contributed by atoms with E-state index in [1.807, 2.05) is 25.7 Å². The van der Waals surface area contributed by atoms with Crippen LogP contribution in [0.15, 0.2) is 0 Å². The molecular weight excluding hydrogens is 416 g/mol. The van der Waals surface area contributed by atoms with E-state index in [1.54, 1.807) is 6.92 Å². The molecule has 0 bridgehead atoms. The van der Waals surface area contributed by atoms with Gasteiger partial charge in [0, 0.05) is 37.9 Å². The van der Waals surface area contributed by atoms with Crippen LogP contribution in [0.3, 0.4) is 0 Å². The molecule has 0 aromatic carbocycles. The highest BCUT2D eigenvalue weighted by atomic mass is 32.2. The Bertz CT molecular complexity index is 597. The van der Waals surface area contributed by atoms with Crippen molar-refractivity contribution in [3.8, 4) is 0 Å². The molecule has 3 aliphatic rings. The molecule has 0 aromatic rings. The minimum atomic E-state index is -0.515. The zero-order chi connectivity index (χ0) is 22.4.